The van der Waals surface area contributed by atoms with Gasteiger partial charge in [0.05, 0.1) is 10.0 Å². The lowest BCUT2D eigenvalue weighted by Gasteiger charge is -2.11. The minimum absolute atomic E-state index is 0.0361. The maximum absolute atomic E-state index is 12.2. The molecule has 1 aromatic carbocycles. The first-order valence-electron chi connectivity index (χ1n) is 5.14. The van der Waals surface area contributed by atoms with Gasteiger partial charge < -0.3 is 5.73 Å². The summed E-state index contributed by atoms with van der Waals surface area (Å²) in [4.78, 5) is -0.0361. The van der Waals surface area contributed by atoms with Crippen LogP contribution in [0, 0.1) is 6.92 Å². The van der Waals surface area contributed by atoms with Gasteiger partial charge in [-0.15, -0.1) is 11.3 Å². The van der Waals surface area contributed by atoms with Gasteiger partial charge in [-0.05, 0) is 30.7 Å². The quantitative estimate of drug-likeness (QED) is 0.838. The standard InChI is InChI=1S/C11H10Cl2N2O2S2/c1-6-7(14)3-2-4-8(6)15-19(16,17)9-5-10(12)18-11(9)13/h2-5,15H,14H2,1H3. The van der Waals surface area contributed by atoms with Gasteiger partial charge in [0, 0.05) is 5.69 Å². The van der Waals surface area contributed by atoms with Crippen LogP contribution in [0.15, 0.2) is 29.2 Å². The van der Waals surface area contributed by atoms with Gasteiger partial charge in [0.25, 0.3) is 10.0 Å². The molecule has 0 aliphatic rings. The second-order valence-electron chi connectivity index (χ2n) is 3.81. The van der Waals surface area contributed by atoms with Gasteiger partial charge in [0.2, 0.25) is 0 Å². The van der Waals surface area contributed by atoms with Crippen LogP contribution >= 0.6 is 34.5 Å². The van der Waals surface area contributed by atoms with E-state index in [-0.39, 0.29) is 9.23 Å². The Morgan fingerprint density at radius 3 is 2.58 bits per heavy atom. The number of hydrogen-bond donors (Lipinski definition) is 2. The molecule has 0 aliphatic heterocycles. The number of sulfonamides is 1. The summed E-state index contributed by atoms with van der Waals surface area (Å²) >= 11 is 12.6. The predicted molar refractivity (Wildman–Crippen MR) is 80.7 cm³/mol. The lowest BCUT2D eigenvalue weighted by atomic mass is 10.2. The first-order valence-corrected chi connectivity index (χ1v) is 8.19. The summed E-state index contributed by atoms with van der Waals surface area (Å²) in [6.07, 6.45) is 0. The van der Waals surface area contributed by atoms with Crippen molar-refractivity contribution in [2.24, 2.45) is 0 Å². The van der Waals surface area contributed by atoms with Crippen LogP contribution in [-0.2, 0) is 10.0 Å². The van der Waals surface area contributed by atoms with Gasteiger partial charge in [-0.25, -0.2) is 8.42 Å². The van der Waals surface area contributed by atoms with E-state index >= 15 is 0 Å². The molecule has 0 unspecified atom stereocenters. The van der Waals surface area contributed by atoms with E-state index in [1.807, 2.05) is 0 Å². The van der Waals surface area contributed by atoms with E-state index in [1.54, 1.807) is 25.1 Å². The second kappa shape index (κ2) is 5.20. The molecule has 0 spiro atoms. The molecule has 2 aromatic rings. The van der Waals surface area contributed by atoms with Crippen molar-refractivity contribution in [3.8, 4) is 0 Å². The average molecular weight is 337 g/mol. The summed E-state index contributed by atoms with van der Waals surface area (Å²) in [6.45, 7) is 1.73. The molecule has 0 atom stereocenters. The van der Waals surface area contributed by atoms with Crippen molar-refractivity contribution in [1.29, 1.82) is 0 Å². The molecule has 0 saturated heterocycles. The monoisotopic (exact) mass is 336 g/mol. The molecule has 0 aliphatic carbocycles. The molecule has 1 heterocycles. The van der Waals surface area contributed by atoms with Gasteiger partial charge in [-0.1, -0.05) is 29.3 Å². The van der Waals surface area contributed by atoms with Crippen molar-refractivity contribution in [3.05, 3.63) is 38.5 Å². The van der Waals surface area contributed by atoms with E-state index in [1.165, 1.54) is 6.07 Å². The molecule has 3 N–H and O–H groups in total. The van der Waals surface area contributed by atoms with Crippen molar-refractivity contribution in [2.75, 3.05) is 10.5 Å². The Kier molecular flexibility index (Phi) is 3.96. The number of nitrogens with two attached hydrogens (primary N) is 1. The van der Waals surface area contributed by atoms with Gasteiger partial charge in [-0.3, -0.25) is 4.72 Å². The van der Waals surface area contributed by atoms with Gasteiger partial charge in [0.1, 0.15) is 9.23 Å². The predicted octanol–water partition coefficient (Wildman–Crippen LogP) is 3.75. The van der Waals surface area contributed by atoms with Crippen LogP contribution in [0.2, 0.25) is 8.67 Å². The van der Waals surface area contributed by atoms with Crippen LogP contribution in [0.1, 0.15) is 5.56 Å². The highest BCUT2D eigenvalue weighted by Crippen LogP contribution is 2.35. The van der Waals surface area contributed by atoms with Crippen LogP contribution in [0.5, 0.6) is 0 Å². The Bertz CT molecular complexity index is 726. The minimum atomic E-state index is -3.77. The molecule has 2 rings (SSSR count). The fourth-order valence-corrected chi connectivity index (χ4v) is 4.75. The maximum atomic E-state index is 12.2. The molecule has 0 amide bonds. The second-order valence-corrected chi connectivity index (χ2v) is 7.75. The van der Waals surface area contributed by atoms with Crippen LogP contribution in [0.3, 0.4) is 0 Å². The topological polar surface area (TPSA) is 72.2 Å². The number of nitrogen functional groups attached to an aromatic ring is 1. The van der Waals surface area contributed by atoms with E-state index in [0.29, 0.717) is 21.3 Å². The highest BCUT2D eigenvalue weighted by Gasteiger charge is 2.21. The van der Waals surface area contributed by atoms with Crippen molar-refractivity contribution in [1.82, 2.24) is 0 Å². The number of hydrogen-bond acceptors (Lipinski definition) is 4. The van der Waals surface area contributed by atoms with Gasteiger partial charge in [-0.2, -0.15) is 0 Å². The maximum Gasteiger partial charge on any atom is 0.264 e. The van der Waals surface area contributed by atoms with Crippen LogP contribution in [0.25, 0.3) is 0 Å². The Morgan fingerprint density at radius 2 is 2.00 bits per heavy atom. The molecule has 1 aromatic heterocycles. The largest absolute Gasteiger partial charge is 0.398 e. The summed E-state index contributed by atoms with van der Waals surface area (Å²) in [5.41, 5.74) is 7.31. The van der Waals surface area contributed by atoms with Crippen LogP contribution in [0.4, 0.5) is 11.4 Å². The Labute approximate surface area is 125 Å². The Morgan fingerprint density at radius 1 is 1.32 bits per heavy atom. The van der Waals surface area contributed by atoms with E-state index in [2.05, 4.69) is 4.72 Å². The lowest BCUT2D eigenvalue weighted by molar-refractivity contribution is 0.601. The third-order valence-corrected chi connectivity index (χ3v) is 5.65. The zero-order chi connectivity index (χ0) is 14.2. The molecule has 0 radical (unpaired) electrons. The third kappa shape index (κ3) is 2.97. The SMILES string of the molecule is Cc1c(N)cccc1NS(=O)(=O)c1cc(Cl)sc1Cl. The number of rotatable bonds is 3. The van der Waals surface area contributed by atoms with E-state index < -0.39 is 10.0 Å². The van der Waals surface area contributed by atoms with E-state index in [0.717, 1.165) is 11.3 Å². The number of thiophene rings is 1. The summed E-state index contributed by atoms with van der Waals surface area (Å²) in [5, 5.41) is 0. The number of anilines is 2. The molecule has 8 heteroatoms. The molecule has 0 saturated carbocycles. The molecular weight excluding hydrogens is 327 g/mol. The fraction of sp³-hybridized carbons (Fsp3) is 0.0909. The molecule has 102 valence electrons. The lowest BCUT2D eigenvalue weighted by Crippen LogP contribution is -2.13. The molecular formula is C11H10Cl2N2O2S2. The third-order valence-electron chi connectivity index (χ3n) is 2.53. The molecule has 0 fully saturated rings. The van der Waals surface area contributed by atoms with Crippen LogP contribution in [-0.4, -0.2) is 8.42 Å². The van der Waals surface area contributed by atoms with Gasteiger partial charge in [0.15, 0.2) is 0 Å². The highest BCUT2D eigenvalue weighted by molar-refractivity contribution is 7.93. The van der Waals surface area contributed by atoms with Crippen molar-refractivity contribution < 1.29 is 8.42 Å². The minimum Gasteiger partial charge on any atom is -0.398 e. The van der Waals surface area contributed by atoms with Crippen molar-refractivity contribution in [2.45, 2.75) is 11.8 Å². The summed E-state index contributed by atoms with van der Waals surface area (Å²) < 4.78 is 27.3. The van der Waals surface area contributed by atoms with E-state index in [4.69, 9.17) is 28.9 Å². The molecule has 19 heavy (non-hydrogen) atoms. The Balaban J connectivity index is 2.42. The summed E-state index contributed by atoms with van der Waals surface area (Å²) in [6, 6.07) is 6.31. The highest BCUT2D eigenvalue weighted by atomic mass is 35.5. The van der Waals surface area contributed by atoms with E-state index in [9.17, 15) is 8.42 Å². The zero-order valence-corrected chi connectivity index (χ0v) is 12.9. The fourth-order valence-electron chi connectivity index (χ4n) is 1.47. The van der Waals surface area contributed by atoms with Crippen LogP contribution < -0.4 is 10.5 Å². The van der Waals surface area contributed by atoms with Gasteiger partial charge >= 0.3 is 0 Å². The average Bonchev–Trinajstić information content (AvgIpc) is 2.65. The normalized spacial score (nSPS) is 11.5. The number of benzene rings is 1. The van der Waals surface area contributed by atoms with Crippen molar-refractivity contribution in [3.63, 3.8) is 0 Å². The first-order chi connectivity index (χ1) is 8.81. The summed E-state index contributed by atoms with van der Waals surface area (Å²) in [7, 11) is -3.77. The first kappa shape index (κ1) is 14.5. The smallest absolute Gasteiger partial charge is 0.264 e. The van der Waals surface area contributed by atoms with Crippen molar-refractivity contribution >= 4 is 55.9 Å². The number of nitrogens with one attached hydrogen (secondary N) is 1. The number of halogens is 2. The molecule has 4 nitrogen and oxygen atoms in total. The Hall–Kier alpha value is -0.950. The zero-order valence-electron chi connectivity index (χ0n) is 9.78. The summed E-state index contributed by atoms with van der Waals surface area (Å²) in [5.74, 6) is 0. The molecule has 0 bridgehead atoms.